The van der Waals surface area contributed by atoms with E-state index in [1.807, 2.05) is 0 Å². The molecule has 0 atom stereocenters. The summed E-state index contributed by atoms with van der Waals surface area (Å²) in [4.78, 5) is 7.52. The van der Waals surface area contributed by atoms with E-state index in [-0.39, 0.29) is 6.85 Å². The first kappa shape index (κ1) is 38.3. The second-order valence-electron chi connectivity index (χ2n) is 17.0. The van der Waals surface area contributed by atoms with Crippen LogP contribution in [0.3, 0.4) is 0 Å². The topological polar surface area (TPSA) is 9.72 Å². The zero-order chi connectivity index (χ0) is 43.3. The van der Waals surface area contributed by atoms with Gasteiger partial charge in [-0.15, -0.1) is 0 Å². The molecule has 0 spiro atoms. The van der Waals surface area contributed by atoms with Crippen LogP contribution < -0.4 is 25.5 Å². The van der Waals surface area contributed by atoms with Crippen LogP contribution in [0.1, 0.15) is 5.56 Å². The average Bonchev–Trinajstić information content (AvgIpc) is 3.38. The highest BCUT2D eigenvalue weighted by atomic mass is 15.2. The smallest absolute Gasteiger partial charge is 0.333 e. The zero-order valence-electron chi connectivity index (χ0n) is 36.1. The summed E-state index contributed by atoms with van der Waals surface area (Å²) in [6.07, 6.45) is 0. The maximum absolute atomic E-state index is 2.61. The number of para-hydroxylation sites is 2. The monoisotopic (exact) mass is 829 g/mol. The van der Waals surface area contributed by atoms with Gasteiger partial charge in [0.1, 0.15) is 0 Å². The Labute approximate surface area is 381 Å². The fourth-order valence-corrected chi connectivity index (χ4v) is 10.1. The van der Waals surface area contributed by atoms with Gasteiger partial charge in [0.05, 0.1) is 0 Å². The molecule has 0 saturated carbocycles. The lowest BCUT2D eigenvalue weighted by Crippen LogP contribution is -2.61. The third-order valence-corrected chi connectivity index (χ3v) is 13.0. The van der Waals surface area contributed by atoms with E-state index >= 15 is 0 Å². The lowest BCUT2D eigenvalue weighted by molar-refractivity contribution is 1.24. The molecule has 12 rings (SSSR count). The van der Waals surface area contributed by atoms with E-state index in [1.54, 1.807) is 0 Å². The predicted molar refractivity (Wildman–Crippen MR) is 276 cm³/mol. The van der Waals surface area contributed by atoms with Crippen molar-refractivity contribution in [1.82, 2.24) is 0 Å². The number of aryl methyl sites for hydroxylation is 1. The van der Waals surface area contributed by atoms with E-state index < -0.39 is 0 Å². The number of fused-ring (bicyclic) bond motifs is 4. The number of anilines is 8. The Morgan fingerprint density at radius 1 is 0.338 bits per heavy atom. The molecule has 10 aromatic rings. The second-order valence-corrected chi connectivity index (χ2v) is 17.0. The molecular weight excluding hydrogens is 786 g/mol. The molecule has 0 N–H and O–H groups in total. The Kier molecular flexibility index (Phi) is 9.49. The van der Waals surface area contributed by atoms with Crippen molar-refractivity contribution >= 4 is 63.3 Å². The Hall–Kier alpha value is -8.34. The quantitative estimate of drug-likeness (QED) is 0.141. The van der Waals surface area contributed by atoms with Gasteiger partial charge in [-0.2, -0.15) is 0 Å². The summed E-state index contributed by atoms with van der Waals surface area (Å²) in [7, 11) is 0. The first-order valence-electron chi connectivity index (χ1n) is 22.5. The Bertz CT molecular complexity index is 3300. The lowest BCUT2D eigenvalue weighted by Gasteiger charge is -2.46. The van der Waals surface area contributed by atoms with Gasteiger partial charge in [-0.3, -0.25) is 0 Å². The molecule has 2 heterocycles. The molecule has 0 bridgehead atoms. The Balaban J connectivity index is 1.15. The first-order valence-corrected chi connectivity index (χ1v) is 22.5. The van der Waals surface area contributed by atoms with Crippen molar-refractivity contribution in [2.75, 3.05) is 14.6 Å². The molecule has 306 valence electrons. The summed E-state index contributed by atoms with van der Waals surface area (Å²) in [5.41, 5.74) is 22.5. The largest absolute Gasteiger partial charge is 0.376 e. The number of hydrogen-bond donors (Lipinski definition) is 0. The maximum Gasteiger partial charge on any atom is 0.333 e. The molecule has 2 aliphatic rings. The van der Waals surface area contributed by atoms with Crippen LogP contribution in [0.15, 0.2) is 249 Å². The average molecular weight is 830 g/mol. The van der Waals surface area contributed by atoms with Crippen molar-refractivity contribution in [3.63, 3.8) is 0 Å². The van der Waals surface area contributed by atoms with Crippen LogP contribution in [0.5, 0.6) is 0 Å². The summed E-state index contributed by atoms with van der Waals surface area (Å²) >= 11 is 0. The third-order valence-electron chi connectivity index (χ3n) is 13.0. The van der Waals surface area contributed by atoms with E-state index in [9.17, 15) is 0 Å². The predicted octanol–water partition coefficient (Wildman–Crippen LogP) is 15.2. The molecule has 0 aromatic heterocycles. The summed E-state index contributed by atoms with van der Waals surface area (Å²) in [5.74, 6) is 0. The van der Waals surface area contributed by atoms with Gasteiger partial charge < -0.3 is 14.6 Å². The van der Waals surface area contributed by atoms with Crippen LogP contribution in [0.25, 0.3) is 44.5 Å². The van der Waals surface area contributed by atoms with Gasteiger partial charge in [-0.25, -0.2) is 0 Å². The van der Waals surface area contributed by atoms with E-state index in [4.69, 9.17) is 0 Å². The first-order chi connectivity index (χ1) is 32.2. The van der Waals surface area contributed by atoms with Gasteiger partial charge in [0, 0.05) is 51.1 Å². The highest BCUT2D eigenvalue weighted by molar-refractivity contribution is 6.93. The lowest BCUT2D eigenvalue weighted by atomic mass is 9.43. The summed E-state index contributed by atoms with van der Waals surface area (Å²) < 4.78 is 0. The van der Waals surface area contributed by atoms with Crippen molar-refractivity contribution in [2.45, 2.75) is 6.92 Å². The molecule has 0 aliphatic carbocycles. The van der Waals surface area contributed by atoms with Gasteiger partial charge in [0.2, 0.25) is 0 Å². The van der Waals surface area contributed by atoms with Gasteiger partial charge in [-0.1, -0.05) is 170 Å². The van der Waals surface area contributed by atoms with Gasteiger partial charge in [0.25, 0.3) is 0 Å². The van der Waals surface area contributed by atoms with Crippen molar-refractivity contribution in [2.24, 2.45) is 0 Å². The normalized spacial score (nSPS) is 12.3. The van der Waals surface area contributed by atoms with Gasteiger partial charge in [0.15, 0.2) is 0 Å². The molecule has 4 heteroatoms. The fraction of sp³-hybridized carbons (Fsp3) is 0.0164. The highest BCUT2D eigenvalue weighted by Crippen LogP contribution is 2.49. The van der Waals surface area contributed by atoms with Gasteiger partial charge in [-0.05, 0) is 141 Å². The van der Waals surface area contributed by atoms with Crippen LogP contribution in [-0.2, 0) is 0 Å². The van der Waals surface area contributed by atoms with Crippen LogP contribution in [0.4, 0.5) is 45.5 Å². The number of hydrogen-bond acceptors (Lipinski definition) is 3. The summed E-state index contributed by atoms with van der Waals surface area (Å²) in [6, 6.07) is 90.9. The van der Waals surface area contributed by atoms with E-state index in [0.29, 0.717) is 0 Å². The summed E-state index contributed by atoms with van der Waals surface area (Å²) in [5, 5.41) is 0. The number of benzene rings is 10. The zero-order valence-corrected chi connectivity index (χ0v) is 36.1. The molecule has 0 unspecified atom stereocenters. The minimum absolute atomic E-state index is 0.138. The molecule has 65 heavy (non-hydrogen) atoms. The molecule has 0 radical (unpaired) electrons. The molecule has 0 amide bonds. The molecular formula is C61H44BN3. The fourth-order valence-electron chi connectivity index (χ4n) is 10.1. The van der Waals surface area contributed by atoms with Crippen molar-refractivity contribution in [3.8, 4) is 44.5 Å². The number of nitrogens with zero attached hydrogens (tertiary/aromatic N) is 3. The van der Waals surface area contributed by atoms with Crippen LogP contribution >= 0.6 is 0 Å². The van der Waals surface area contributed by atoms with E-state index in [1.165, 1.54) is 72.4 Å². The minimum atomic E-state index is -0.138. The van der Waals surface area contributed by atoms with Crippen LogP contribution in [-0.4, -0.2) is 6.85 Å². The van der Waals surface area contributed by atoms with E-state index in [0.717, 1.165) is 34.1 Å². The molecule has 2 aliphatic heterocycles. The molecule has 3 nitrogen and oxygen atoms in total. The SMILES string of the molecule is Cc1cc2c3c(c1)N(c1cccc(-c4ccccc4)c1)c1cc(N(c4ccccc4)c4ccccc4)ccc1B3N(c1cccc(-c3ccccc3)c1)c1ccc(-c3ccccc3)cc1-2. The second kappa shape index (κ2) is 16.1. The van der Waals surface area contributed by atoms with E-state index in [2.05, 4.69) is 270 Å². The Morgan fingerprint density at radius 3 is 1.43 bits per heavy atom. The standard InChI is InChI=1S/C61H44BN3/c1-43-37-56-55-41-49(46-23-11-4-12-24-46)33-36-58(55)65(54-32-18-26-48(40-54)45-21-9-3-10-22-45)62-57-35-34-53(63(50-27-13-5-14-28-50)51-29-15-6-16-30-51)42-59(57)64(60(38-43)61(56)62)52-31-17-25-47(39-52)44-19-7-2-8-20-44/h2-42H,1H3. The molecule has 0 fully saturated rings. The number of rotatable bonds is 8. The van der Waals surface area contributed by atoms with Crippen molar-refractivity contribution < 1.29 is 0 Å². The molecule has 0 saturated heterocycles. The molecule has 10 aromatic carbocycles. The maximum atomic E-state index is 2.61. The van der Waals surface area contributed by atoms with Crippen LogP contribution in [0.2, 0.25) is 0 Å². The third kappa shape index (κ3) is 6.79. The van der Waals surface area contributed by atoms with Crippen LogP contribution in [0, 0.1) is 6.92 Å². The minimum Gasteiger partial charge on any atom is -0.376 e. The van der Waals surface area contributed by atoms with Gasteiger partial charge >= 0.3 is 6.85 Å². The summed E-state index contributed by atoms with van der Waals surface area (Å²) in [6.45, 7) is 2.11. The van der Waals surface area contributed by atoms with Crippen molar-refractivity contribution in [3.05, 3.63) is 254 Å². The Morgan fingerprint density at radius 2 is 0.846 bits per heavy atom. The highest BCUT2D eigenvalue weighted by Gasteiger charge is 2.45. The van der Waals surface area contributed by atoms with Crippen molar-refractivity contribution in [1.29, 1.82) is 0 Å².